The van der Waals surface area contributed by atoms with Crippen LogP contribution in [0.2, 0.25) is 0 Å². The summed E-state index contributed by atoms with van der Waals surface area (Å²) in [5.74, 6) is -0.759. The van der Waals surface area contributed by atoms with Crippen LogP contribution in [-0.4, -0.2) is 47.8 Å². The number of benzene rings is 1. The first-order valence-corrected chi connectivity index (χ1v) is 7.55. The number of fused-ring (bicyclic) bond motifs is 1. The van der Waals surface area contributed by atoms with E-state index in [0.717, 1.165) is 4.90 Å². The third-order valence-electron chi connectivity index (χ3n) is 3.21. The lowest BCUT2D eigenvalue weighted by Gasteiger charge is -2.23. The smallest absolute Gasteiger partial charge is 0.329 e. The van der Waals surface area contributed by atoms with Gasteiger partial charge >= 0.3 is 5.97 Å². The Morgan fingerprint density at radius 3 is 2.25 bits per heavy atom. The molecular weight excluding hydrogens is 278 g/mol. The summed E-state index contributed by atoms with van der Waals surface area (Å²) in [7, 11) is 1.26. The second-order valence-corrected chi connectivity index (χ2v) is 5.33. The molecule has 0 aliphatic carbocycles. The van der Waals surface area contributed by atoms with Gasteiger partial charge in [-0.05, 0) is 30.6 Å². The number of ether oxygens (including phenoxy) is 1. The van der Waals surface area contributed by atoms with E-state index in [1.165, 1.54) is 7.11 Å². The molecule has 0 saturated carbocycles. The summed E-state index contributed by atoms with van der Waals surface area (Å²) in [5, 5.41) is 0. The fraction of sp³-hybridized carbons (Fsp3) is 0.357. The van der Waals surface area contributed by atoms with E-state index in [1.54, 1.807) is 36.0 Å². The number of thioether (sulfide) groups is 1. The maximum atomic E-state index is 12.3. The minimum atomic E-state index is -0.861. The van der Waals surface area contributed by atoms with Crippen LogP contribution in [0.25, 0.3) is 0 Å². The van der Waals surface area contributed by atoms with Crippen LogP contribution in [0.1, 0.15) is 27.1 Å². The van der Waals surface area contributed by atoms with Crippen LogP contribution in [0.4, 0.5) is 0 Å². The van der Waals surface area contributed by atoms with Crippen LogP contribution in [0, 0.1) is 0 Å². The third-order valence-corrected chi connectivity index (χ3v) is 3.85. The zero-order chi connectivity index (χ0) is 14.7. The quantitative estimate of drug-likeness (QED) is 0.609. The Bertz CT molecular complexity index is 523. The standard InChI is InChI=1S/C14H15NO4S/c1-19-14(18)11(7-8-20-2)15-12(16)9-5-3-4-6-10(9)13(15)17/h3-6,11H,7-8H2,1-2H3/t11-/m0/s1. The van der Waals surface area contributed by atoms with Gasteiger partial charge in [-0.15, -0.1) is 0 Å². The number of hydrogen-bond acceptors (Lipinski definition) is 5. The molecule has 0 bridgehead atoms. The Morgan fingerprint density at radius 1 is 1.25 bits per heavy atom. The maximum Gasteiger partial charge on any atom is 0.329 e. The lowest BCUT2D eigenvalue weighted by molar-refractivity contribution is -0.145. The molecule has 2 amide bonds. The Labute approximate surface area is 121 Å². The van der Waals surface area contributed by atoms with Crippen molar-refractivity contribution in [2.75, 3.05) is 19.1 Å². The molecule has 0 saturated heterocycles. The lowest BCUT2D eigenvalue weighted by atomic mass is 10.1. The highest BCUT2D eigenvalue weighted by Gasteiger charge is 2.42. The fourth-order valence-electron chi connectivity index (χ4n) is 2.21. The Hall–Kier alpha value is -1.82. The highest BCUT2D eigenvalue weighted by molar-refractivity contribution is 7.98. The van der Waals surface area contributed by atoms with Crippen molar-refractivity contribution in [3.05, 3.63) is 35.4 Å². The van der Waals surface area contributed by atoms with Crippen molar-refractivity contribution in [1.82, 2.24) is 4.90 Å². The lowest BCUT2D eigenvalue weighted by Crippen LogP contribution is -2.45. The topological polar surface area (TPSA) is 63.7 Å². The highest BCUT2D eigenvalue weighted by atomic mass is 32.2. The summed E-state index contributed by atoms with van der Waals surface area (Å²) >= 11 is 1.55. The summed E-state index contributed by atoms with van der Waals surface area (Å²) in [4.78, 5) is 37.5. The van der Waals surface area contributed by atoms with Crippen molar-refractivity contribution in [3.63, 3.8) is 0 Å². The number of carbonyl (C=O) groups is 3. The van der Waals surface area contributed by atoms with Gasteiger partial charge in [-0.2, -0.15) is 11.8 Å². The van der Waals surface area contributed by atoms with Crippen molar-refractivity contribution < 1.29 is 19.1 Å². The van der Waals surface area contributed by atoms with E-state index in [1.807, 2.05) is 6.26 Å². The number of rotatable bonds is 5. The molecule has 106 valence electrons. The average Bonchev–Trinajstić information content (AvgIpc) is 2.73. The van der Waals surface area contributed by atoms with Gasteiger partial charge in [0.2, 0.25) is 0 Å². The second-order valence-electron chi connectivity index (χ2n) is 4.35. The van der Waals surface area contributed by atoms with Crippen molar-refractivity contribution >= 4 is 29.5 Å². The fourth-order valence-corrected chi connectivity index (χ4v) is 2.67. The second kappa shape index (κ2) is 6.09. The van der Waals surface area contributed by atoms with Crippen molar-refractivity contribution in [1.29, 1.82) is 0 Å². The highest BCUT2D eigenvalue weighted by Crippen LogP contribution is 2.26. The van der Waals surface area contributed by atoms with Gasteiger partial charge in [0.1, 0.15) is 6.04 Å². The molecule has 0 aromatic heterocycles. The maximum absolute atomic E-state index is 12.3. The molecule has 6 heteroatoms. The van der Waals surface area contributed by atoms with Gasteiger partial charge in [0.05, 0.1) is 18.2 Å². The number of nitrogens with zero attached hydrogens (tertiary/aromatic N) is 1. The molecule has 1 heterocycles. The predicted molar refractivity (Wildman–Crippen MR) is 75.7 cm³/mol. The van der Waals surface area contributed by atoms with E-state index in [0.29, 0.717) is 23.3 Å². The largest absolute Gasteiger partial charge is 0.467 e. The van der Waals surface area contributed by atoms with Gasteiger partial charge in [0.25, 0.3) is 11.8 Å². The predicted octanol–water partition coefficient (Wildman–Crippen LogP) is 1.58. The molecule has 0 N–H and O–H groups in total. The van der Waals surface area contributed by atoms with E-state index in [-0.39, 0.29) is 0 Å². The average molecular weight is 293 g/mol. The first-order valence-electron chi connectivity index (χ1n) is 6.15. The molecule has 0 fully saturated rings. The van der Waals surface area contributed by atoms with Crippen molar-refractivity contribution in [3.8, 4) is 0 Å². The molecule has 0 radical (unpaired) electrons. The van der Waals surface area contributed by atoms with Gasteiger partial charge in [0, 0.05) is 0 Å². The van der Waals surface area contributed by atoms with Crippen molar-refractivity contribution in [2.45, 2.75) is 12.5 Å². The van der Waals surface area contributed by atoms with Gasteiger partial charge < -0.3 is 4.74 Å². The van der Waals surface area contributed by atoms with Gasteiger partial charge in [-0.3, -0.25) is 14.5 Å². The van der Waals surface area contributed by atoms with E-state index < -0.39 is 23.8 Å². The normalized spacial score (nSPS) is 15.2. The first kappa shape index (κ1) is 14.6. The Balaban J connectivity index is 2.34. The summed E-state index contributed by atoms with van der Waals surface area (Å²) in [6.45, 7) is 0. The summed E-state index contributed by atoms with van der Waals surface area (Å²) in [6.07, 6.45) is 2.29. The molecule has 1 atom stereocenters. The number of carbonyl (C=O) groups excluding carboxylic acids is 3. The third kappa shape index (κ3) is 2.43. The summed E-state index contributed by atoms with van der Waals surface area (Å²) < 4.78 is 4.72. The number of methoxy groups -OCH3 is 1. The Morgan fingerprint density at radius 2 is 1.80 bits per heavy atom. The van der Waals surface area contributed by atoms with Crippen LogP contribution >= 0.6 is 11.8 Å². The molecule has 1 aromatic carbocycles. The summed E-state index contributed by atoms with van der Waals surface area (Å²) in [6, 6.07) is 5.72. The number of amides is 2. The van der Waals surface area contributed by atoms with Crippen LogP contribution in [0.3, 0.4) is 0 Å². The van der Waals surface area contributed by atoms with Gasteiger partial charge in [0.15, 0.2) is 0 Å². The van der Waals surface area contributed by atoms with E-state index in [4.69, 9.17) is 4.74 Å². The molecule has 1 aromatic rings. The van der Waals surface area contributed by atoms with Crippen LogP contribution < -0.4 is 0 Å². The minimum Gasteiger partial charge on any atom is -0.467 e. The zero-order valence-corrected chi connectivity index (χ0v) is 12.1. The molecule has 20 heavy (non-hydrogen) atoms. The van der Waals surface area contributed by atoms with E-state index in [2.05, 4.69) is 0 Å². The molecule has 0 unspecified atom stereocenters. The molecular formula is C14H15NO4S. The molecule has 2 rings (SSSR count). The molecule has 1 aliphatic heterocycles. The summed E-state index contributed by atoms with van der Waals surface area (Å²) in [5.41, 5.74) is 0.686. The molecule has 5 nitrogen and oxygen atoms in total. The van der Waals surface area contributed by atoms with Crippen LogP contribution in [0.15, 0.2) is 24.3 Å². The SMILES string of the molecule is COC(=O)[C@H](CCSC)N1C(=O)c2ccccc2C1=O. The van der Waals surface area contributed by atoms with Gasteiger partial charge in [-0.25, -0.2) is 4.79 Å². The number of imide groups is 1. The van der Waals surface area contributed by atoms with E-state index >= 15 is 0 Å². The molecule has 1 aliphatic rings. The number of hydrogen-bond donors (Lipinski definition) is 0. The van der Waals surface area contributed by atoms with E-state index in [9.17, 15) is 14.4 Å². The zero-order valence-electron chi connectivity index (χ0n) is 11.3. The Kier molecular flexibility index (Phi) is 4.44. The minimum absolute atomic E-state index is 0.343. The monoisotopic (exact) mass is 293 g/mol. The molecule has 0 spiro atoms. The first-order chi connectivity index (χ1) is 9.61. The number of esters is 1. The van der Waals surface area contributed by atoms with Crippen LogP contribution in [-0.2, 0) is 9.53 Å². The van der Waals surface area contributed by atoms with Gasteiger partial charge in [-0.1, -0.05) is 12.1 Å². The van der Waals surface area contributed by atoms with Crippen LogP contribution in [0.5, 0.6) is 0 Å². The van der Waals surface area contributed by atoms with Crippen molar-refractivity contribution in [2.24, 2.45) is 0 Å².